The molecule has 0 radical (unpaired) electrons. The number of rotatable bonds is 6. The second kappa shape index (κ2) is 9.15. The molecule has 10 heteroatoms. The fourth-order valence-electron chi connectivity index (χ4n) is 3.22. The van der Waals surface area contributed by atoms with Crippen LogP contribution in [0.25, 0.3) is 0 Å². The van der Waals surface area contributed by atoms with Crippen molar-refractivity contribution in [2.24, 2.45) is 0 Å². The van der Waals surface area contributed by atoms with Gasteiger partial charge in [-0.3, -0.25) is 14.6 Å². The number of hydrogen-bond donors (Lipinski definition) is 3. The monoisotopic (exact) mass is 446 g/mol. The summed E-state index contributed by atoms with van der Waals surface area (Å²) in [7, 11) is 1.45. The number of allylic oxidation sites excluding steroid dienone is 1. The Hall–Kier alpha value is -3.79. The van der Waals surface area contributed by atoms with Gasteiger partial charge in [-0.05, 0) is 61.0 Å². The molecule has 1 aliphatic heterocycles. The van der Waals surface area contributed by atoms with Crippen LogP contribution in [0.5, 0.6) is 5.75 Å². The van der Waals surface area contributed by atoms with Crippen molar-refractivity contribution in [2.75, 3.05) is 29.3 Å². The zero-order valence-electron chi connectivity index (χ0n) is 17.3. The second-order valence-electron chi connectivity index (χ2n) is 6.93. The first-order valence-electron chi connectivity index (χ1n) is 9.47. The number of carbonyl (C=O) groups is 2. The minimum Gasteiger partial charge on any atom is -0.497 e. The number of nitrogens with zero attached hydrogens (tertiary/aromatic N) is 1. The van der Waals surface area contributed by atoms with E-state index in [1.54, 1.807) is 19.1 Å². The summed E-state index contributed by atoms with van der Waals surface area (Å²) >= 11 is 0. The molecule has 0 aliphatic carbocycles. The lowest BCUT2D eigenvalue weighted by Crippen LogP contribution is -2.36. The van der Waals surface area contributed by atoms with Crippen molar-refractivity contribution >= 4 is 28.9 Å². The molecular formula is C22H21F3N4O3. The topological polar surface area (TPSA) is 82.7 Å². The molecule has 0 atom stereocenters. The molecule has 0 fully saturated rings. The average Bonchev–Trinajstić information content (AvgIpc) is 3.19. The maximum atomic E-state index is 13.9. The molecule has 0 saturated carbocycles. The Morgan fingerprint density at radius 1 is 1.12 bits per heavy atom. The number of aryl methyl sites for hydroxylation is 1. The van der Waals surface area contributed by atoms with Gasteiger partial charge in [-0.1, -0.05) is 6.58 Å². The zero-order valence-corrected chi connectivity index (χ0v) is 17.3. The van der Waals surface area contributed by atoms with E-state index in [0.29, 0.717) is 17.0 Å². The van der Waals surface area contributed by atoms with Crippen LogP contribution in [-0.4, -0.2) is 31.6 Å². The standard InChI is InChI=1S/C22H21F3N4O3/c1-4-19(30)27-14-9-13(2)10-15(11-14)28-21(31)18-12-26-29(20(18)22(23,24)25)16-5-7-17(32-3)8-6-16/h4-11,26H,1,12H2,2-3H3,(H,27,30)(H,28,31). The number of halogens is 3. The van der Waals surface area contributed by atoms with Gasteiger partial charge in [0.25, 0.3) is 5.91 Å². The maximum Gasteiger partial charge on any atom is 0.433 e. The quantitative estimate of drug-likeness (QED) is 0.587. The first kappa shape index (κ1) is 22.9. The smallest absolute Gasteiger partial charge is 0.433 e. The molecule has 0 spiro atoms. The Morgan fingerprint density at radius 2 is 1.75 bits per heavy atom. The molecular weight excluding hydrogens is 425 g/mol. The number of benzene rings is 2. The maximum absolute atomic E-state index is 13.9. The van der Waals surface area contributed by atoms with Crippen molar-refractivity contribution < 1.29 is 27.5 Å². The lowest BCUT2D eigenvalue weighted by Gasteiger charge is -2.24. The lowest BCUT2D eigenvalue weighted by molar-refractivity contribution is -0.114. The summed E-state index contributed by atoms with van der Waals surface area (Å²) in [5.74, 6) is -0.875. The van der Waals surface area contributed by atoms with E-state index < -0.39 is 29.3 Å². The van der Waals surface area contributed by atoms with E-state index in [-0.39, 0.29) is 17.9 Å². The van der Waals surface area contributed by atoms with Crippen LogP contribution < -0.4 is 25.8 Å². The molecule has 3 N–H and O–H groups in total. The van der Waals surface area contributed by atoms with Crippen LogP contribution in [0.3, 0.4) is 0 Å². The number of ether oxygens (including phenoxy) is 1. The first-order valence-corrected chi connectivity index (χ1v) is 9.47. The van der Waals surface area contributed by atoms with Crippen molar-refractivity contribution in [1.82, 2.24) is 5.43 Å². The van der Waals surface area contributed by atoms with Crippen molar-refractivity contribution in [3.8, 4) is 5.75 Å². The third-order valence-corrected chi connectivity index (χ3v) is 4.58. The highest BCUT2D eigenvalue weighted by molar-refractivity contribution is 6.06. The van der Waals surface area contributed by atoms with Crippen LogP contribution in [0.15, 0.2) is 66.4 Å². The van der Waals surface area contributed by atoms with Gasteiger partial charge in [0.1, 0.15) is 11.4 Å². The molecule has 0 unspecified atom stereocenters. The van der Waals surface area contributed by atoms with Gasteiger partial charge in [0, 0.05) is 17.9 Å². The molecule has 0 aromatic heterocycles. The minimum absolute atomic E-state index is 0.200. The number of anilines is 3. The van der Waals surface area contributed by atoms with Gasteiger partial charge in [-0.2, -0.15) is 13.2 Å². The number of nitrogens with one attached hydrogen (secondary N) is 3. The summed E-state index contributed by atoms with van der Waals surface area (Å²) in [6, 6.07) is 10.6. The fourth-order valence-corrected chi connectivity index (χ4v) is 3.22. The fraction of sp³-hybridized carbons (Fsp3) is 0.182. The van der Waals surface area contributed by atoms with Crippen LogP contribution >= 0.6 is 0 Å². The third kappa shape index (κ3) is 5.09. The van der Waals surface area contributed by atoms with Crippen LogP contribution in [0.2, 0.25) is 0 Å². The number of carbonyl (C=O) groups excluding carboxylic acids is 2. The van der Waals surface area contributed by atoms with Crippen molar-refractivity contribution in [3.05, 3.63) is 72.0 Å². The molecule has 2 aromatic rings. The number of hydrogen-bond acceptors (Lipinski definition) is 5. The summed E-state index contributed by atoms with van der Waals surface area (Å²) in [6.07, 6.45) is -3.70. The number of amides is 2. The molecule has 3 rings (SSSR count). The Kier molecular flexibility index (Phi) is 6.54. The summed E-state index contributed by atoms with van der Waals surface area (Å²) < 4.78 is 46.7. The predicted octanol–water partition coefficient (Wildman–Crippen LogP) is 3.91. The summed E-state index contributed by atoms with van der Waals surface area (Å²) in [4.78, 5) is 24.3. The Bertz CT molecular complexity index is 1080. The number of alkyl halides is 3. The normalized spacial score (nSPS) is 13.7. The Balaban J connectivity index is 1.91. The lowest BCUT2D eigenvalue weighted by atomic mass is 10.1. The van der Waals surface area contributed by atoms with E-state index >= 15 is 0 Å². The van der Waals surface area contributed by atoms with Crippen molar-refractivity contribution in [1.29, 1.82) is 0 Å². The Morgan fingerprint density at radius 3 is 2.31 bits per heavy atom. The zero-order chi connectivity index (χ0) is 23.5. The van der Waals surface area contributed by atoms with Gasteiger partial charge in [0.05, 0.1) is 18.4 Å². The second-order valence-corrected chi connectivity index (χ2v) is 6.93. The van der Waals surface area contributed by atoms with Gasteiger partial charge in [0.2, 0.25) is 5.91 Å². The summed E-state index contributed by atoms with van der Waals surface area (Å²) in [5, 5.41) is 5.88. The molecule has 2 amide bonds. The van der Waals surface area contributed by atoms with E-state index in [1.807, 2.05) is 0 Å². The van der Waals surface area contributed by atoms with Crippen LogP contribution in [0.4, 0.5) is 30.2 Å². The van der Waals surface area contributed by atoms with Gasteiger partial charge in [-0.25, -0.2) is 5.43 Å². The van der Waals surface area contributed by atoms with E-state index in [1.165, 1.54) is 37.4 Å². The Labute approximate surface area is 182 Å². The first-order chi connectivity index (χ1) is 15.1. The van der Waals surface area contributed by atoms with E-state index in [2.05, 4.69) is 22.6 Å². The SMILES string of the molecule is C=CC(=O)Nc1cc(C)cc(NC(=O)C2=C(C(F)(F)F)N(c3ccc(OC)cc3)NC2)c1. The summed E-state index contributed by atoms with van der Waals surface area (Å²) in [5.41, 5.74) is 2.55. The molecule has 1 aliphatic rings. The molecule has 2 aromatic carbocycles. The highest BCUT2D eigenvalue weighted by Crippen LogP contribution is 2.37. The largest absolute Gasteiger partial charge is 0.497 e. The van der Waals surface area contributed by atoms with Crippen molar-refractivity contribution in [2.45, 2.75) is 13.1 Å². The van der Waals surface area contributed by atoms with Gasteiger partial charge >= 0.3 is 6.18 Å². The van der Waals surface area contributed by atoms with Gasteiger partial charge in [0.15, 0.2) is 0 Å². The molecule has 1 heterocycles. The van der Waals surface area contributed by atoms with Gasteiger partial charge in [-0.15, -0.1) is 0 Å². The van der Waals surface area contributed by atoms with E-state index in [9.17, 15) is 22.8 Å². The molecule has 7 nitrogen and oxygen atoms in total. The molecule has 0 bridgehead atoms. The third-order valence-electron chi connectivity index (χ3n) is 4.58. The number of methoxy groups -OCH3 is 1. The van der Waals surface area contributed by atoms with Crippen LogP contribution in [0, 0.1) is 6.92 Å². The minimum atomic E-state index is -4.79. The molecule has 0 saturated heterocycles. The number of hydrazine groups is 1. The molecule has 32 heavy (non-hydrogen) atoms. The average molecular weight is 446 g/mol. The van der Waals surface area contributed by atoms with Crippen LogP contribution in [-0.2, 0) is 9.59 Å². The van der Waals surface area contributed by atoms with E-state index in [0.717, 1.165) is 11.1 Å². The highest BCUT2D eigenvalue weighted by Gasteiger charge is 2.45. The van der Waals surface area contributed by atoms with Gasteiger partial charge < -0.3 is 15.4 Å². The molecule has 168 valence electrons. The van der Waals surface area contributed by atoms with Crippen LogP contribution in [0.1, 0.15) is 5.56 Å². The predicted molar refractivity (Wildman–Crippen MR) is 115 cm³/mol. The highest BCUT2D eigenvalue weighted by atomic mass is 19.4. The summed E-state index contributed by atoms with van der Waals surface area (Å²) in [6.45, 7) is 4.77. The van der Waals surface area contributed by atoms with Crippen molar-refractivity contribution in [3.63, 3.8) is 0 Å². The van der Waals surface area contributed by atoms with E-state index in [4.69, 9.17) is 4.74 Å².